The monoisotopic (exact) mass is 504 g/mol. The van der Waals surface area contributed by atoms with Gasteiger partial charge in [0.2, 0.25) is 0 Å². The third kappa shape index (κ3) is 11.7. The van der Waals surface area contributed by atoms with Gasteiger partial charge in [-0.1, -0.05) is 27.7 Å². The molecule has 9 heteroatoms. The number of hydrogen-bond acceptors (Lipinski definition) is 8. The van der Waals surface area contributed by atoms with Crippen molar-refractivity contribution in [1.29, 1.82) is 0 Å². The standard InChI is InChI=1S/C26H52N2O7/c1-11-23(3,4)21(33)19(31)17(29)18(30)20(32)22(34)28-25(7,8)14-16-35-26(9,10)13-15-27-24(5,6)12-2/h17-20,27,29-32H,11-16H2,1-10H3,(H,28,34)/t17-,18+,19+,20-/m0/s1. The van der Waals surface area contributed by atoms with E-state index in [0.29, 0.717) is 19.4 Å². The van der Waals surface area contributed by atoms with Crippen LogP contribution in [0.25, 0.3) is 0 Å². The molecule has 0 aliphatic rings. The third-order valence-electron chi connectivity index (χ3n) is 6.98. The first-order valence-corrected chi connectivity index (χ1v) is 12.7. The molecule has 9 nitrogen and oxygen atoms in total. The van der Waals surface area contributed by atoms with E-state index in [1.54, 1.807) is 34.6 Å². The average Bonchev–Trinajstić information content (AvgIpc) is 2.75. The molecule has 0 fully saturated rings. The van der Waals surface area contributed by atoms with Crippen molar-refractivity contribution >= 4 is 11.7 Å². The first-order valence-electron chi connectivity index (χ1n) is 12.7. The number of amides is 1. The van der Waals surface area contributed by atoms with Gasteiger partial charge in [-0.05, 0) is 73.8 Å². The van der Waals surface area contributed by atoms with Gasteiger partial charge in [-0.25, -0.2) is 0 Å². The molecule has 0 rings (SSSR count). The van der Waals surface area contributed by atoms with E-state index in [1.165, 1.54) is 0 Å². The number of aliphatic hydroxyl groups excluding tert-OH is 4. The molecule has 0 saturated heterocycles. The van der Waals surface area contributed by atoms with Gasteiger partial charge in [0, 0.05) is 23.1 Å². The number of hydrogen-bond donors (Lipinski definition) is 6. The summed E-state index contributed by atoms with van der Waals surface area (Å²) in [5.74, 6) is -1.59. The molecule has 0 aromatic rings. The summed E-state index contributed by atoms with van der Waals surface area (Å²) in [6.45, 7) is 20.1. The van der Waals surface area contributed by atoms with Crippen LogP contribution in [0.5, 0.6) is 0 Å². The van der Waals surface area contributed by atoms with Gasteiger partial charge in [0.05, 0.1) is 5.60 Å². The molecular formula is C26H52N2O7. The molecule has 0 aromatic carbocycles. The maximum Gasteiger partial charge on any atom is 0.252 e. The smallest absolute Gasteiger partial charge is 0.252 e. The lowest BCUT2D eigenvalue weighted by Gasteiger charge is -2.33. The number of carbonyl (C=O) groups excluding carboxylic acids is 2. The maximum atomic E-state index is 12.5. The van der Waals surface area contributed by atoms with Crippen LogP contribution in [-0.2, 0) is 14.3 Å². The molecule has 35 heavy (non-hydrogen) atoms. The van der Waals surface area contributed by atoms with Gasteiger partial charge in [-0.2, -0.15) is 0 Å². The highest BCUT2D eigenvalue weighted by Crippen LogP contribution is 2.25. The van der Waals surface area contributed by atoms with E-state index in [0.717, 1.165) is 19.4 Å². The number of ether oxygens (including phenoxy) is 1. The minimum Gasteiger partial charge on any atom is -0.387 e. The maximum absolute atomic E-state index is 12.5. The quantitative estimate of drug-likeness (QED) is 0.175. The SMILES string of the molecule is CCC(C)(C)NCCC(C)(C)OCCC(C)(C)NC(=O)[C@@H](O)[C@H](O)[C@H](O)[C@@H](O)C(=O)C(C)(C)CC. The number of ketones is 1. The fourth-order valence-electron chi connectivity index (χ4n) is 3.21. The Morgan fingerprint density at radius 1 is 0.771 bits per heavy atom. The highest BCUT2D eigenvalue weighted by atomic mass is 16.5. The molecule has 0 spiro atoms. The molecule has 0 aliphatic carbocycles. The van der Waals surface area contributed by atoms with Crippen LogP contribution < -0.4 is 10.6 Å². The number of Topliss-reactive ketones (excluding diaryl/α,β-unsaturated/α-hetero) is 1. The Kier molecular flexibility index (Phi) is 13.0. The van der Waals surface area contributed by atoms with Crippen molar-refractivity contribution in [3.63, 3.8) is 0 Å². The highest BCUT2D eigenvalue weighted by Gasteiger charge is 2.42. The van der Waals surface area contributed by atoms with Gasteiger partial charge in [0.15, 0.2) is 11.9 Å². The first kappa shape index (κ1) is 33.9. The average molecular weight is 505 g/mol. The second kappa shape index (κ2) is 13.4. The topological polar surface area (TPSA) is 148 Å². The van der Waals surface area contributed by atoms with Gasteiger partial charge in [0.25, 0.3) is 5.91 Å². The highest BCUT2D eigenvalue weighted by molar-refractivity contribution is 5.89. The second-order valence-corrected chi connectivity index (χ2v) is 12.1. The summed E-state index contributed by atoms with van der Waals surface area (Å²) in [6, 6.07) is 0. The van der Waals surface area contributed by atoms with Gasteiger partial charge in [-0.15, -0.1) is 0 Å². The fraction of sp³-hybridized carbons (Fsp3) is 0.923. The van der Waals surface area contributed by atoms with Gasteiger partial charge in [0.1, 0.15) is 18.3 Å². The molecule has 0 saturated carbocycles. The summed E-state index contributed by atoms with van der Waals surface area (Å²) in [7, 11) is 0. The zero-order chi connectivity index (χ0) is 27.8. The minimum atomic E-state index is -2.03. The van der Waals surface area contributed by atoms with E-state index in [1.807, 2.05) is 13.8 Å². The normalized spacial score (nSPS) is 17.0. The van der Waals surface area contributed by atoms with Crippen LogP contribution in [0.2, 0.25) is 0 Å². The molecule has 208 valence electrons. The Balaban J connectivity index is 4.80. The van der Waals surface area contributed by atoms with E-state index in [4.69, 9.17) is 4.74 Å². The van der Waals surface area contributed by atoms with Crippen LogP contribution in [-0.4, -0.2) is 86.4 Å². The van der Waals surface area contributed by atoms with Crippen LogP contribution in [0, 0.1) is 5.41 Å². The van der Waals surface area contributed by atoms with Gasteiger partial charge in [-0.3, -0.25) is 9.59 Å². The van der Waals surface area contributed by atoms with Crippen molar-refractivity contribution in [1.82, 2.24) is 10.6 Å². The zero-order valence-corrected chi connectivity index (χ0v) is 23.6. The summed E-state index contributed by atoms with van der Waals surface area (Å²) in [6.07, 6.45) is -5.32. The lowest BCUT2D eigenvalue weighted by Crippen LogP contribution is -2.57. The number of carbonyl (C=O) groups is 2. The van der Waals surface area contributed by atoms with Crippen LogP contribution in [0.4, 0.5) is 0 Å². The Morgan fingerprint density at radius 2 is 1.29 bits per heavy atom. The van der Waals surface area contributed by atoms with Crippen molar-refractivity contribution in [3.8, 4) is 0 Å². The van der Waals surface area contributed by atoms with Crippen LogP contribution in [0.3, 0.4) is 0 Å². The summed E-state index contributed by atoms with van der Waals surface area (Å²) >= 11 is 0. The third-order valence-corrected chi connectivity index (χ3v) is 6.98. The molecule has 0 radical (unpaired) electrons. The fourth-order valence-corrected chi connectivity index (χ4v) is 3.21. The minimum absolute atomic E-state index is 0.0663. The number of rotatable bonds is 17. The molecular weight excluding hydrogens is 452 g/mol. The van der Waals surface area contributed by atoms with Crippen molar-refractivity contribution in [2.75, 3.05) is 13.2 Å². The second-order valence-electron chi connectivity index (χ2n) is 12.1. The Morgan fingerprint density at radius 3 is 1.77 bits per heavy atom. The lowest BCUT2D eigenvalue weighted by atomic mass is 9.80. The van der Waals surface area contributed by atoms with Crippen molar-refractivity contribution in [2.45, 2.75) is 136 Å². The van der Waals surface area contributed by atoms with Crippen molar-refractivity contribution in [3.05, 3.63) is 0 Å². The largest absolute Gasteiger partial charge is 0.387 e. The molecule has 1 amide bonds. The molecule has 0 aliphatic heterocycles. The summed E-state index contributed by atoms with van der Waals surface area (Å²) in [4.78, 5) is 24.9. The lowest BCUT2D eigenvalue weighted by molar-refractivity contribution is -0.159. The Labute approximate surface area is 212 Å². The van der Waals surface area contributed by atoms with Crippen molar-refractivity contribution in [2.24, 2.45) is 5.41 Å². The van der Waals surface area contributed by atoms with E-state index in [2.05, 4.69) is 31.4 Å². The van der Waals surface area contributed by atoms with E-state index in [-0.39, 0.29) is 11.1 Å². The van der Waals surface area contributed by atoms with E-state index >= 15 is 0 Å². The molecule has 0 heterocycles. The molecule has 0 unspecified atom stereocenters. The predicted molar refractivity (Wildman–Crippen MR) is 137 cm³/mol. The Bertz CT molecular complexity index is 677. The number of aliphatic hydroxyl groups is 4. The van der Waals surface area contributed by atoms with E-state index in [9.17, 15) is 30.0 Å². The molecule has 4 atom stereocenters. The van der Waals surface area contributed by atoms with E-state index < -0.39 is 47.1 Å². The van der Waals surface area contributed by atoms with Crippen LogP contribution >= 0.6 is 0 Å². The van der Waals surface area contributed by atoms with Gasteiger partial charge >= 0.3 is 0 Å². The summed E-state index contributed by atoms with van der Waals surface area (Å²) < 4.78 is 6.03. The number of nitrogens with one attached hydrogen (secondary N) is 2. The van der Waals surface area contributed by atoms with Crippen molar-refractivity contribution < 1.29 is 34.8 Å². The van der Waals surface area contributed by atoms with Gasteiger partial charge < -0.3 is 35.8 Å². The van der Waals surface area contributed by atoms with Crippen LogP contribution in [0.1, 0.15) is 94.9 Å². The molecule has 0 aromatic heterocycles. The predicted octanol–water partition coefficient (Wildman–Crippen LogP) is 1.68. The van der Waals surface area contributed by atoms with Crippen LogP contribution in [0.15, 0.2) is 0 Å². The Hall–Kier alpha value is -1.10. The molecule has 0 bridgehead atoms. The summed E-state index contributed by atoms with van der Waals surface area (Å²) in [5, 5.41) is 47.1. The molecule has 6 N–H and O–H groups in total. The first-order chi connectivity index (χ1) is 15.7. The zero-order valence-electron chi connectivity index (χ0n) is 23.6. The summed E-state index contributed by atoms with van der Waals surface area (Å²) in [5.41, 5.74) is -2.01.